The highest BCUT2D eigenvalue weighted by molar-refractivity contribution is 5.93. The van der Waals surface area contributed by atoms with Gasteiger partial charge in [0.15, 0.2) is 5.65 Å². The summed E-state index contributed by atoms with van der Waals surface area (Å²) in [4.78, 5) is 31.4. The third-order valence-electron chi connectivity index (χ3n) is 7.79. The number of rotatable bonds is 5. The van der Waals surface area contributed by atoms with Crippen LogP contribution in [0.5, 0.6) is 0 Å². The van der Waals surface area contributed by atoms with Crippen molar-refractivity contribution in [2.75, 3.05) is 6.54 Å². The molecule has 3 atom stereocenters. The minimum absolute atomic E-state index is 0.0480. The van der Waals surface area contributed by atoms with Crippen molar-refractivity contribution in [3.05, 3.63) is 53.1 Å². The molecule has 2 saturated carbocycles. The zero-order chi connectivity index (χ0) is 24.3. The van der Waals surface area contributed by atoms with E-state index in [4.69, 9.17) is 5.10 Å². The molecular weight excluding hydrogens is 447 g/mol. The number of halogens is 1. The Morgan fingerprint density at radius 3 is 2.69 bits per heavy atom. The highest BCUT2D eigenvalue weighted by Crippen LogP contribution is 2.49. The SMILES string of the molecule is C[C@@H]1CCCCCN1C(=O)c1cc(C2CC2)n2nc(-c3cccc(C4C[C@@H]4C(=O)O)c3F)cc2n1. The van der Waals surface area contributed by atoms with E-state index >= 15 is 4.39 Å². The maximum atomic E-state index is 15.5. The van der Waals surface area contributed by atoms with Crippen LogP contribution in [0.25, 0.3) is 16.9 Å². The van der Waals surface area contributed by atoms with Crippen molar-refractivity contribution in [3.8, 4) is 11.3 Å². The number of aromatic nitrogens is 3. The smallest absolute Gasteiger partial charge is 0.307 e. The van der Waals surface area contributed by atoms with Gasteiger partial charge in [0.25, 0.3) is 5.91 Å². The van der Waals surface area contributed by atoms with Gasteiger partial charge in [-0.1, -0.05) is 25.0 Å². The van der Waals surface area contributed by atoms with Crippen LogP contribution in [0.2, 0.25) is 0 Å². The molecule has 1 aliphatic heterocycles. The van der Waals surface area contributed by atoms with Crippen molar-refractivity contribution >= 4 is 17.5 Å². The van der Waals surface area contributed by atoms with Crippen molar-refractivity contribution in [1.29, 1.82) is 0 Å². The second-order valence-electron chi connectivity index (χ2n) is 10.3. The first kappa shape index (κ1) is 22.2. The predicted octanol–water partition coefficient (Wildman–Crippen LogP) is 5.01. The van der Waals surface area contributed by atoms with Crippen LogP contribution < -0.4 is 0 Å². The van der Waals surface area contributed by atoms with Gasteiger partial charge in [-0.3, -0.25) is 9.59 Å². The number of nitrogens with zero attached hydrogens (tertiary/aromatic N) is 4. The zero-order valence-corrected chi connectivity index (χ0v) is 19.8. The van der Waals surface area contributed by atoms with Gasteiger partial charge >= 0.3 is 5.97 Å². The average Bonchev–Trinajstić information content (AvgIpc) is 3.75. The van der Waals surface area contributed by atoms with Gasteiger partial charge in [0.2, 0.25) is 0 Å². The standard InChI is InChI=1S/C27H29FN4O3/c1-15-6-3-2-4-11-31(15)26(33)22-13-23(16-9-10-16)32-24(29-22)14-21(30-32)18-8-5-7-17(25(18)28)19-12-20(19)27(34)35/h5,7-8,13-16,19-20H,2-4,6,9-12H2,1H3,(H,34,35)/t15-,19?,20+/m1/s1. The maximum Gasteiger partial charge on any atom is 0.307 e. The summed E-state index contributed by atoms with van der Waals surface area (Å²) < 4.78 is 17.2. The van der Waals surface area contributed by atoms with E-state index in [-0.39, 0.29) is 17.9 Å². The molecule has 3 aromatic rings. The van der Waals surface area contributed by atoms with Gasteiger partial charge in [-0.2, -0.15) is 5.10 Å². The fourth-order valence-corrected chi connectivity index (χ4v) is 5.48. The van der Waals surface area contributed by atoms with Crippen molar-refractivity contribution < 1.29 is 19.1 Å². The monoisotopic (exact) mass is 476 g/mol. The first-order chi connectivity index (χ1) is 16.9. The third kappa shape index (κ3) is 3.98. The summed E-state index contributed by atoms with van der Waals surface area (Å²) in [5, 5.41) is 14.0. The molecule has 1 N–H and O–H groups in total. The molecule has 1 unspecified atom stereocenters. The summed E-state index contributed by atoms with van der Waals surface area (Å²) in [6, 6.07) is 8.87. The topological polar surface area (TPSA) is 87.8 Å². The minimum Gasteiger partial charge on any atom is -0.481 e. The molecule has 35 heavy (non-hydrogen) atoms. The molecule has 0 spiro atoms. The van der Waals surface area contributed by atoms with Crippen LogP contribution in [0, 0.1) is 11.7 Å². The van der Waals surface area contributed by atoms with Gasteiger partial charge in [-0.05, 0) is 56.7 Å². The molecule has 0 bridgehead atoms. The quantitative estimate of drug-likeness (QED) is 0.560. The number of carboxylic acid groups (broad SMARTS) is 1. The summed E-state index contributed by atoms with van der Waals surface area (Å²) in [5.74, 6) is -1.87. The van der Waals surface area contributed by atoms with Gasteiger partial charge in [0.05, 0.1) is 11.6 Å². The second kappa shape index (κ2) is 8.43. The Labute approximate surface area is 203 Å². The van der Waals surface area contributed by atoms with E-state index in [0.717, 1.165) is 50.8 Å². The Kier molecular flexibility index (Phi) is 5.34. The average molecular weight is 477 g/mol. The number of carboxylic acids is 1. The van der Waals surface area contributed by atoms with E-state index < -0.39 is 17.7 Å². The Balaban J connectivity index is 1.39. The summed E-state index contributed by atoms with van der Waals surface area (Å²) in [7, 11) is 0. The Morgan fingerprint density at radius 2 is 1.94 bits per heavy atom. The fourth-order valence-electron chi connectivity index (χ4n) is 5.48. The van der Waals surface area contributed by atoms with Gasteiger partial charge in [0.1, 0.15) is 11.5 Å². The maximum absolute atomic E-state index is 15.5. The molecule has 2 aliphatic carbocycles. The highest BCUT2D eigenvalue weighted by Gasteiger charge is 2.45. The molecule has 8 heteroatoms. The van der Waals surface area contributed by atoms with Gasteiger partial charge < -0.3 is 10.0 Å². The van der Waals surface area contributed by atoms with Gasteiger partial charge in [-0.25, -0.2) is 13.9 Å². The summed E-state index contributed by atoms with van der Waals surface area (Å²) in [5.41, 5.74) is 3.11. The number of benzene rings is 1. The molecule has 7 nitrogen and oxygen atoms in total. The molecule has 182 valence electrons. The van der Waals surface area contributed by atoms with E-state index in [1.54, 1.807) is 28.8 Å². The van der Waals surface area contributed by atoms with Crippen LogP contribution in [0.4, 0.5) is 4.39 Å². The largest absolute Gasteiger partial charge is 0.481 e. The first-order valence-corrected chi connectivity index (χ1v) is 12.7. The number of aliphatic carboxylic acids is 1. The van der Waals surface area contributed by atoms with Crippen molar-refractivity contribution in [1.82, 2.24) is 19.5 Å². The number of likely N-dealkylation sites (tertiary alicyclic amines) is 1. The van der Waals surface area contributed by atoms with E-state index in [2.05, 4.69) is 11.9 Å². The lowest BCUT2D eigenvalue weighted by molar-refractivity contribution is -0.138. The normalized spacial score (nSPS) is 24.4. The fraction of sp³-hybridized carbons (Fsp3) is 0.481. The van der Waals surface area contributed by atoms with Gasteiger partial charge in [-0.15, -0.1) is 0 Å². The number of carbonyl (C=O) groups excluding carboxylic acids is 1. The molecule has 2 aromatic heterocycles. The predicted molar refractivity (Wildman–Crippen MR) is 128 cm³/mol. The van der Waals surface area contributed by atoms with Crippen LogP contribution in [0.15, 0.2) is 30.3 Å². The second-order valence-corrected chi connectivity index (χ2v) is 10.3. The van der Waals surface area contributed by atoms with Crippen LogP contribution in [-0.4, -0.2) is 49.1 Å². The lowest BCUT2D eigenvalue weighted by atomic mass is 10.0. The van der Waals surface area contributed by atoms with Crippen LogP contribution in [0.3, 0.4) is 0 Å². The molecule has 1 amide bonds. The van der Waals surface area contributed by atoms with Gasteiger partial charge in [0, 0.05) is 41.7 Å². The summed E-state index contributed by atoms with van der Waals surface area (Å²) >= 11 is 0. The molecule has 1 aromatic carbocycles. The van der Waals surface area contributed by atoms with Crippen molar-refractivity contribution in [2.24, 2.45) is 5.92 Å². The minimum atomic E-state index is -0.887. The highest BCUT2D eigenvalue weighted by atomic mass is 19.1. The lowest BCUT2D eigenvalue weighted by Crippen LogP contribution is -2.38. The summed E-state index contributed by atoms with van der Waals surface area (Å²) in [6.07, 6.45) is 6.79. The molecule has 0 radical (unpaired) electrons. The molecule has 1 saturated heterocycles. The molecular formula is C27H29FN4O3. The van der Waals surface area contributed by atoms with E-state index in [1.165, 1.54) is 0 Å². The molecule has 3 heterocycles. The number of amides is 1. The van der Waals surface area contributed by atoms with Crippen LogP contribution in [0.1, 0.15) is 85.5 Å². The molecule has 3 aliphatic rings. The Morgan fingerprint density at radius 1 is 1.11 bits per heavy atom. The van der Waals surface area contributed by atoms with Crippen LogP contribution in [-0.2, 0) is 4.79 Å². The number of carbonyl (C=O) groups is 2. The van der Waals surface area contributed by atoms with E-state index in [1.807, 2.05) is 11.0 Å². The van der Waals surface area contributed by atoms with Crippen molar-refractivity contribution in [2.45, 2.75) is 69.7 Å². The Bertz CT molecular complexity index is 1330. The number of fused-ring (bicyclic) bond motifs is 1. The summed E-state index contributed by atoms with van der Waals surface area (Å²) in [6.45, 7) is 2.84. The Hall–Kier alpha value is -3.29. The lowest BCUT2D eigenvalue weighted by Gasteiger charge is -2.27. The third-order valence-corrected chi connectivity index (χ3v) is 7.79. The first-order valence-electron chi connectivity index (χ1n) is 12.7. The number of hydrogen-bond donors (Lipinski definition) is 1. The van der Waals surface area contributed by atoms with Crippen molar-refractivity contribution in [3.63, 3.8) is 0 Å². The van der Waals surface area contributed by atoms with E-state index in [9.17, 15) is 14.7 Å². The zero-order valence-electron chi connectivity index (χ0n) is 19.8. The van der Waals surface area contributed by atoms with E-state index in [0.29, 0.717) is 40.5 Å². The molecule has 3 fully saturated rings. The van der Waals surface area contributed by atoms with Crippen LogP contribution >= 0.6 is 0 Å². The molecule has 6 rings (SSSR count). The number of hydrogen-bond acceptors (Lipinski definition) is 4.